The Labute approximate surface area is 115 Å². The van der Waals surface area contributed by atoms with E-state index < -0.39 is 0 Å². The normalized spacial score (nSPS) is 10.8. The summed E-state index contributed by atoms with van der Waals surface area (Å²) in [5.41, 5.74) is 2.18. The summed E-state index contributed by atoms with van der Waals surface area (Å²) >= 11 is 0. The number of fused-ring (bicyclic) bond motifs is 1. The van der Waals surface area contributed by atoms with Gasteiger partial charge in [-0.15, -0.1) is 0 Å². The number of aromatic amines is 1. The highest BCUT2D eigenvalue weighted by Crippen LogP contribution is 2.15. The molecule has 2 N–H and O–H groups in total. The third kappa shape index (κ3) is 2.54. The van der Waals surface area contributed by atoms with Crippen molar-refractivity contribution in [3.8, 4) is 5.75 Å². The van der Waals surface area contributed by atoms with Gasteiger partial charge in [-0.25, -0.2) is 5.10 Å². The maximum Gasteiger partial charge on any atom is 0.272 e. The molecular weight excluding hydrogens is 252 g/mol. The van der Waals surface area contributed by atoms with Gasteiger partial charge in [-0.05, 0) is 48.2 Å². The Hall–Kier alpha value is -2.62. The lowest BCUT2D eigenvalue weighted by Gasteiger charge is -2.04. The summed E-state index contributed by atoms with van der Waals surface area (Å²) in [4.78, 5) is 11.6. The Balaban J connectivity index is 1.81. The summed E-state index contributed by atoms with van der Waals surface area (Å²) in [6.45, 7) is 0. The molecule has 0 spiro atoms. The van der Waals surface area contributed by atoms with Crippen LogP contribution in [0.3, 0.4) is 0 Å². The van der Waals surface area contributed by atoms with Gasteiger partial charge in [0.15, 0.2) is 0 Å². The van der Waals surface area contributed by atoms with Crippen molar-refractivity contribution in [2.75, 3.05) is 0 Å². The first-order valence-electron chi connectivity index (χ1n) is 6.46. The van der Waals surface area contributed by atoms with Crippen LogP contribution in [0.4, 0.5) is 0 Å². The number of rotatable bonds is 3. The second kappa shape index (κ2) is 5.17. The molecule has 0 aliphatic rings. The van der Waals surface area contributed by atoms with Gasteiger partial charge in [-0.2, -0.15) is 5.10 Å². The third-order valence-electron chi connectivity index (χ3n) is 3.37. The molecule has 0 saturated carbocycles. The smallest absolute Gasteiger partial charge is 0.272 e. The van der Waals surface area contributed by atoms with E-state index in [4.69, 9.17) is 0 Å². The number of benzene rings is 2. The van der Waals surface area contributed by atoms with Gasteiger partial charge >= 0.3 is 0 Å². The first-order valence-corrected chi connectivity index (χ1v) is 6.46. The molecule has 0 aliphatic carbocycles. The molecule has 1 aromatic heterocycles. The summed E-state index contributed by atoms with van der Waals surface area (Å²) in [5, 5.41) is 17.0. The van der Waals surface area contributed by atoms with E-state index in [0.29, 0.717) is 5.39 Å². The predicted molar refractivity (Wildman–Crippen MR) is 77.9 cm³/mol. The number of phenolic OH excluding ortho intramolecular Hbond substituents is 1. The number of nitrogens with zero attached hydrogens (tertiary/aromatic N) is 1. The van der Waals surface area contributed by atoms with Crippen LogP contribution in [0.15, 0.2) is 53.5 Å². The molecule has 0 fully saturated rings. The van der Waals surface area contributed by atoms with Crippen molar-refractivity contribution in [2.24, 2.45) is 0 Å². The average Bonchev–Trinajstić information content (AvgIpc) is 2.47. The van der Waals surface area contributed by atoms with E-state index in [0.717, 1.165) is 23.8 Å². The minimum Gasteiger partial charge on any atom is -0.508 e. The van der Waals surface area contributed by atoms with Crippen LogP contribution >= 0.6 is 0 Å². The molecule has 2 aromatic carbocycles. The number of aromatic hydroxyl groups is 1. The number of phenols is 1. The minimum atomic E-state index is -0.160. The lowest BCUT2D eigenvalue weighted by molar-refractivity contribution is 0.475. The molecule has 0 radical (unpaired) electrons. The number of hydrogen-bond donors (Lipinski definition) is 2. The molecule has 20 heavy (non-hydrogen) atoms. The topological polar surface area (TPSA) is 66.0 Å². The van der Waals surface area contributed by atoms with E-state index in [1.165, 1.54) is 5.56 Å². The Kier molecular flexibility index (Phi) is 3.21. The van der Waals surface area contributed by atoms with E-state index >= 15 is 0 Å². The van der Waals surface area contributed by atoms with E-state index in [1.54, 1.807) is 18.3 Å². The lowest BCUT2D eigenvalue weighted by Crippen LogP contribution is -2.07. The molecule has 3 aromatic rings. The van der Waals surface area contributed by atoms with E-state index in [1.807, 2.05) is 30.3 Å². The number of aryl methyl sites for hydroxylation is 2. The standard InChI is InChI=1S/C16H14N2O2/c19-14-6-3-11(4-7-14)1-2-12-5-8-15-13(9-12)10-17-18-16(15)20/h3-10,19H,1-2H2,(H,18,20). The number of H-pyrrole nitrogens is 1. The van der Waals surface area contributed by atoms with Crippen molar-refractivity contribution in [2.45, 2.75) is 12.8 Å². The summed E-state index contributed by atoms with van der Waals surface area (Å²) in [5.74, 6) is 0.282. The molecule has 0 bridgehead atoms. The summed E-state index contributed by atoms with van der Waals surface area (Å²) in [6, 6.07) is 13.0. The zero-order valence-corrected chi connectivity index (χ0v) is 10.8. The number of hydrogen-bond acceptors (Lipinski definition) is 3. The second-order valence-electron chi connectivity index (χ2n) is 4.79. The minimum absolute atomic E-state index is 0.160. The summed E-state index contributed by atoms with van der Waals surface area (Å²) in [7, 11) is 0. The van der Waals surface area contributed by atoms with E-state index in [9.17, 15) is 9.90 Å². The highest BCUT2D eigenvalue weighted by molar-refractivity contribution is 5.81. The number of nitrogens with one attached hydrogen (secondary N) is 1. The van der Waals surface area contributed by atoms with Gasteiger partial charge in [0.25, 0.3) is 5.56 Å². The summed E-state index contributed by atoms with van der Waals surface area (Å²) in [6.07, 6.45) is 3.44. The van der Waals surface area contributed by atoms with Crippen LogP contribution in [-0.2, 0) is 12.8 Å². The molecule has 0 unspecified atom stereocenters. The van der Waals surface area contributed by atoms with Gasteiger partial charge in [-0.1, -0.05) is 18.2 Å². The fraction of sp³-hybridized carbons (Fsp3) is 0.125. The zero-order chi connectivity index (χ0) is 13.9. The van der Waals surface area contributed by atoms with Gasteiger partial charge in [0.1, 0.15) is 5.75 Å². The Morgan fingerprint density at radius 3 is 2.50 bits per heavy atom. The van der Waals surface area contributed by atoms with Gasteiger partial charge in [0, 0.05) is 5.39 Å². The predicted octanol–water partition coefficient (Wildman–Crippen LogP) is 2.41. The van der Waals surface area contributed by atoms with Crippen LogP contribution in [0.2, 0.25) is 0 Å². The quantitative estimate of drug-likeness (QED) is 0.765. The Morgan fingerprint density at radius 2 is 1.70 bits per heavy atom. The highest BCUT2D eigenvalue weighted by atomic mass is 16.3. The van der Waals surface area contributed by atoms with Gasteiger partial charge in [0.2, 0.25) is 0 Å². The fourth-order valence-electron chi connectivity index (χ4n) is 2.25. The van der Waals surface area contributed by atoms with Crippen molar-refractivity contribution in [3.63, 3.8) is 0 Å². The highest BCUT2D eigenvalue weighted by Gasteiger charge is 2.01. The van der Waals surface area contributed by atoms with Crippen LogP contribution in [0.25, 0.3) is 10.8 Å². The zero-order valence-electron chi connectivity index (χ0n) is 10.8. The fourth-order valence-corrected chi connectivity index (χ4v) is 2.25. The molecule has 1 heterocycles. The SMILES string of the molecule is O=c1[nH]ncc2cc(CCc3ccc(O)cc3)ccc12. The largest absolute Gasteiger partial charge is 0.508 e. The van der Waals surface area contributed by atoms with E-state index in [2.05, 4.69) is 10.2 Å². The molecule has 4 nitrogen and oxygen atoms in total. The molecule has 100 valence electrons. The van der Waals surface area contributed by atoms with Crippen LogP contribution in [0, 0.1) is 0 Å². The lowest BCUT2D eigenvalue weighted by atomic mass is 10.0. The maximum atomic E-state index is 11.6. The van der Waals surface area contributed by atoms with Gasteiger partial charge in [-0.3, -0.25) is 4.79 Å². The summed E-state index contributed by atoms with van der Waals surface area (Å²) < 4.78 is 0. The molecule has 3 rings (SSSR count). The van der Waals surface area contributed by atoms with Gasteiger partial charge < -0.3 is 5.11 Å². The van der Waals surface area contributed by atoms with Crippen molar-refractivity contribution < 1.29 is 5.11 Å². The molecule has 0 saturated heterocycles. The monoisotopic (exact) mass is 266 g/mol. The van der Waals surface area contributed by atoms with Gasteiger partial charge in [0.05, 0.1) is 11.6 Å². The Bertz CT molecular complexity index is 791. The molecule has 0 amide bonds. The molecule has 0 atom stereocenters. The van der Waals surface area contributed by atoms with Crippen LogP contribution in [0.1, 0.15) is 11.1 Å². The van der Waals surface area contributed by atoms with Crippen molar-refractivity contribution in [3.05, 3.63) is 70.1 Å². The Morgan fingerprint density at radius 1 is 1.00 bits per heavy atom. The van der Waals surface area contributed by atoms with Crippen LogP contribution < -0.4 is 5.56 Å². The molecule has 4 heteroatoms. The van der Waals surface area contributed by atoms with Crippen LogP contribution in [-0.4, -0.2) is 15.3 Å². The van der Waals surface area contributed by atoms with Crippen LogP contribution in [0.5, 0.6) is 5.75 Å². The second-order valence-corrected chi connectivity index (χ2v) is 4.79. The first kappa shape index (κ1) is 12.4. The van der Waals surface area contributed by atoms with E-state index in [-0.39, 0.29) is 11.3 Å². The van der Waals surface area contributed by atoms with Crippen molar-refractivity contribution in [1.29, 1.82) is 0 Å². The first-order chi connectivity index (χ1) is 9.72. The average molecular weight is 266 g/mol. The number of aromatic nitrogens is 2. The molecular formula is C16H14N2O2. The third-order valence-corrected chi connectivity index (χ3v) is 3.37. The maximum absolute atomic E-state index is 11.6. The van der Waals surface area contributed by atoms with Crippen molar-refractivity contribution in [1.82, 2.24) is 10.2 Å². The molecule has 0 aliphatic heterocycles. The van der Waals surface area contributed by atoms with Crippen molar-refractivity contribution >= 4 is 10.8 Å².